The predicted molar refractivity (Wildman–Crippen MR) is 123 cm³/mol. The van der Waals surface area contributed by atoms with Gasteiger partial charge in [-0.1, -0.05) is 6.07 Å². The zero-order valence-electron chi connectivity index (χ0n) is 16.0. The Balaban J connectivity index is 1.65. The fourth-order valence-electron chi connectivity index (χ4n) is 2.78. The molecule has 0 aliphatic rings. The number of halogens is 2. The molecule has 0 unspecified atom stereocenters. The molecule has 0 atom stereocenters. The zero-order valence-corrected chi connectivity index (χ0v) is 19.2. The molecule has 0 spiro atoms. The van der Waals surface area contributed by atoms with Crippen molar-refractivity contribution in [2.45, 2.75) is 27.0 Å². The van der Waals surface area contributed by atoms with Gasteiger partial charge in [0.15, 0.2) is 0 Å². The first-order valence-corrected chi connectivity index (χ1v) is 10.6. The van der Waals surface area contributed by atoms with Gasteiger partial charge in [-0.25, -0.2) is 0 Å². The number of benzene rings is 3. The molecule has 0 heterocycles. The van der Waals surface area contributed by atoms with Crippen LogP contribution in [0, 0.1) is 24.0 Å². The Hall–Kier alpha value is -2.38. The maximum absolute atomic E-state index is 10.7. The Morgan fingerprint density at radius 3 is 2.17 bits per heavy atom. The summed E-state index contributed by atoms with van der Waals surface area (Å²) in [7, 11) is 0. The SMILES string of the molecule is Cc1ccc(NCc2cc(Br)c(OCc3ccc([N+](=O)[O-])cc3)c(Br)c2)cc1C. The summed E-state index contributed by atoms with van der Waals surface area (Å²) >= 11 is 7.16. The summed E-state index contributed by atoms with van der Waals surface area (Å²) in [5, 5.41) is 14.2. The van der Waals surface area contributed by atoms with Crippen molar-refractivity contribution in [1.82, 2.24) is 0 Å². The molecule has 0 fully saturated rings. The third kappa shape index (κ3) is 5.58. The normalized spacial score (nSPS) is 10.6. The van der Waals surface area contributed by atoms with Crippen LogP contribution in [-0.4, -0.2) is 4.92 Å². The Morgan fingerprint density at radius 2 is 1.59 bits per heavy atom. The van der Waals surface area contributed by atoms with Crippen LogP contribution >= 0.6 is 31.9 Å². The van der Waals surface area contributed by atoms with Crippen LogP contribution in [0.4, 0.5) is 11.4 Å². The molecule has 3 aromatic carbocycles. The summed E-state index contributed by atoms with van der Waals surface area (Å²) in [5.74, 6) is 0.693. The number of hydrogen-bond acceptors (Lipinski definition) is 4. The largest absolute Gasteiger partial charge is 0.487 e. The van der Waals surface area contributed by atoms with E-state index < -0.39 is 4.92 Å². The number of non-ortho nitro benzene ring substituents is 1. The summed E-state index contributed by atoms with van der Waals surface area (Å²) in [6.45, 7) is 5.20. The molecule has 0 radical (unpaired) electrons. The lowest BCUT2D eigenvalue weighted by Gasteiger charge is -2.14. The van der Waals surface area contributed by atoms with Crippen molar-refractivity contribution in [1.29, 1.82) is 0 Å². The number of rotatable bonds is 7. The lowest BCUT2D eigenvalue weighted by Crippen LogP contribution is -2.02. The monoisotopic (exact) mass is 518 g/mol. The standard InChI is InChI=1S/C22H20Br2N2O3/c1-14-3-6-18(9-15(14)2)25-12-17-10-20(23)22(21(24)11-17)29-13-16-4-7-19(8-5-16)26(27)28/h3-11,25H,12-13H2,1-2H3. The molecule has 0 saturated heterocycles. The minimum absolute atomic E-state index is 0.0664. The Bertz CT molecular complexity index is 1010. The van der Waals surface area contributed by atoms with Crippen molar-refractivity contribution in [2.75, 3.05) is 5.32 Å². The van der Waals surface area contributed by atoms with E-state index in [9.17, 15) is 10.1 Å². The quantitative estimate of drug-likeness (QED) is 0.271. The summed E-state index contributed by atoms with van der Waals surface area (Å²) in [6.07, 6.45) is 0. The van der Waals surface area contributed by atoms with Gasteiger partial charge in [-0.2, -0.15) is 0 Å². The maximum Gasteiger partial charge on any atom is 0.269 e. The molecule has 0 aromatic heterocycles. The highest BCUT2D eigenvalue weighted by atomic mass is 79.9. The first-order chi connectivity index (χ1) is 13.8. The molecule has 0 bridgehead atoms. The summed E-state index contributed by atoms with van der Waals surface area (Å²) in [5.41, 5.74) is 5.64. The molecule has 5 nitrogen and oxygen atoms in total. The van der Waals surface area contributed by atoms with Gasteiger partial charge in [0.2, 0.25) is 0 Å². The van der Waals surface area contributed by atoms with E-state index in [1.807, 2.05) is 12.1 Å². The molecule has 0 saturated carbocycles. The number of nitro groups is 1. The van der Waals surface area contributed by atoms with Gasteiger partial charge in [0, 0.05) is 24.4 Å². The van der Waals surface area contributed by atoms with Crippen molar-refractivity contribution in [3.63, 3.8) is 0 Å². The van der Waals surface area contributed by atoms with Crippen molar-refractivity contribution < 1.29 is 9.66 Å². The molecule has 150 valence electrons. The smallest absolute Gasteiger partial charge is 0.269 e. The van der Waals surface area contributed by atoms with Gasteiger partial charge in [-0.3, -0.25) is 10.1 Å². The molecule has 1 N–H and O–H groups in total. The molecular weight excluding hydrogens is 500 g/mol. The number of aryl methyl sites for hydroxylation is 2. The number of nitrogens with zero attached hydrogens (tertiary/aromatic N) is 1. The zero-order chi connectivity index (χ0) is 21.0. The minimum atomic E-state index is -0.414. The van der Waals surface area contributed by atoms with Crippen molar-refractivity contribution >= 4 is 43.2 Å². The maximum atomic E-state index is 10.7. The molecule has 0 amide bonds. The van der Waals surface area contributed by atoms with E-state index in [1.165, 1.54) is 23.3 Å². The number of hydrogen-bond donors (Lipinski definition) is 1. The predicted octanol–water partition coefficient (Wildman–Crippen LogP) is 6.93. The van der Waals surface area contributed by atoms with Gasteiger partial charge in [0.25, 0.3) is 5.69 Å². The first-order valence-electron chi connectivity index (χ1n) is 8.98. The van der Waals surface area contributed by atoms with Crippen LogP contribution in [0.25, 0.3) is 0 Å². The molecular formula is C22H20Br2N2O3. The lowest BCUT2D eigenvalue weighted by atomic mass is 10.1. The average molecular weight is 520 g/mol. The molecule has 3 rings (SSSR count). The highest BCUT2D eigenvalue weighted by Crippen LogP contribution is 2.35. The van der Waals surface area contributed by atoms with Gasteiger partial charge >= 0.3 is 0 Å². The van der Waals surface area contributed by atoms with Crippen LogP contribution in [0.15, 0.2) is 63.5 Å². The van der Waals surface area contributed by atoms with E-state index in [0.717, 1.165) is 25.8 Å². The van der Waals surface area contributed by atoms with Crippen LogP contribution in [0.3, 0.4) is 0 Å². The summed E-state index contributed by atoms with van der Waals surface area (Å²) in [4.78, 5) is 10.3. The molecule has 7 heteroatoms. The third-order valence-electron chi connectivity index (χ3n) is 4.59. The van der Waals surface area contributed by atoms with E-state index >= 15 is 0 Å². The number of ether oxygens (including phenoxy) is 1. The van der Waals surface area contributed by atoms with E-state index in [4.69, 9.17) is 4.74 Å². The lowest BCUT2D eigenvalue weighted by molar-refractivity contribution is -0.384. The van der Waals surface area contributed by atoms with Crippen LogP contribution in [-0.2, 0) is 13.2 Å². The van der Waals surface area contributed by atoms with E-state index in [2.05, 4.69) is 69.2 Å². The van der Waals surface area contributed by atoms with Crippen molar-refractivity contribution in [3.8, 4) is 5.75 Å². The van der Waals surface area contributed by atoms with Gasteiger partial charge in [0.05, 0.1) is 13.9 Å². The summed E-state index contributed by atoms with van der Waals surface area (Å²) in [6, 6.07) is 16.7. The summed E-state index contributed by atoms with van der Waals surface area (Å²) < 4.78 is 7.59. The number of nitrogens with one attached hydrogen (secondary N) is 1. The Morgan fingerprint density at radius 1 is 0.931 bits per heavy atom. The van der Waals surface area contributed by atoms with Crippen LogP contribution in [0.5, 0.6) is 5.75 Å². The van der Waals surface area contributed by atoms with Crippen molar-refractivity contribution in [3.05, 3.63) is 95.9 Å². The second kappa shape index (κ2) is 9.41. The molecule has 3 aromatic rings. The fourth-order valence-corrected chi connectivity index (χ4v) is 4.29. The van der Waals surface area contributed by atoms with Gasteiger partial charge in [-0.15, -0.1) is 0 Å². The minimum Gasteiger partial charge on any atom is -0.487 e. The topological polar surface area (TPSA) is 64.4 Å². The van der Waals surface area contributed by atoms with E-state index in [0.29, 0.717) is 18.9 Å². The average Bonchev–Trinajstić information content (AvgIpc) is 2.68. The first kappa shape index (κ1) is 21.3. The Labute approximate surface area is 186 Å². The second-order valence-electron chi connectivity index (χ2n) is 6.75. The van der Waals surface area contributed by atoms with Crippen LogP contribution in [0.1, 0.15) is 22.3 Å². The third-order valence-corrected chi connectivity index (χ3v) is 5.77. The van der Waals surface area contributed by atoms with Crippen LogP contribution < -0.4 is 10.1 Å². The number of anilines is 1. The van der Waals surface area contributed by atoms with Gasteiger partial charge in [-0.05, 0) is 104 Å². The Kier molecular flexibility index (Phi) is 6.92. The molecule has 0 aliphatic carbocycles. The fraction of sp³-hybridized carbons (Fsp3) is 0.182. The van der Waals surface area contributed by atoms with E-state index in [-0.39, 0.29) is 5.69 Å². The number of nitro benzene ring substituents is 1. The van der Waals surface area contributed by atoms with E-state index in [1.54, 1.807) is 12.1 Å². The molecule has 0 aliphatic heterocycles. The van der Waals surface area contributed by atoms with Gasteiger partial charge in [0.1, 0.15) is 12.4 Å². The highest BCUT2D eigenvalue weighted by Gasteiger charge is 2.11. The van der Waals surface area contributed by atoms with Crippen molar-refractivity contribution in [2.24, 2.45) is 0 Å². The van der Waals surface area contributed by atoms with Crippen LogP contribution in [0.2, 0.25) is 0 Å². The molecule has 29 heavy (non-hydrogen) atoms. The second-order valence-corrected chi connectivity index (χ2v) is 8.46. The highest BCUT2D eigenvalue weighted by molar-refractivity contribution is 9.11. The van der Waals surface area contributed by atoms with Gasteiger partial charge < -0.3 is 10.1 Å².